The van der Waals surface area contributed by atoms with Gasteiger partial charge in [-0.25, -0.2) is 13.8 Å². The topological polar surface area (TPSA) is 101 Å². The highest BCUT2D eigenvalue weighted by Crippen LogP contribution is 2.65. The SMILES string of the molecule is C[C@]1(c2cc(CC(=O)c3ccc(OCC(F)(F)F)cn3)cc(F)c2F)N=C(N)S[C@@]2(C#N)C[C@H]21. The number of nitriles is 1. The van der Waals surface area contributed by atoms with Crippen molar-refractivity contribution in [1.29, 1.82) is 5.26 Å². The van der Waals surface area contributed by atoms with E-state index < -0.39 is 40.5 Å². The Hall–Kier alpha value is -3.20. The summed E-state index contributed by atoms with van der Waals surface area (Å²) in [6.07, 6.45) is -3.49. The second kappa shape index (κ2) is 8.23. The summed E-state index contributed by atoms with van der Waals surface area (Å²) in [5.74, 6) is -3.43. The minimum atomic E-state index is -4.52. The second-order valence-corrected chi connectivity index (χ2v) is 9.63. The van der Waals surface area contributed by atoms with Gasteiger partial charge < -0.3 is 10.5 Å². The second-order valence-electron chi connectivity index (χ2n) is 8.28. The number of fused-ring (bicyclic) bond motifs is 1. The van der Waals surface area contributed by atoms with Gasteiger partial charge in [0, 0.05) is 17.9 Å². The molecule has 1 fully saturated rings. The first-order valence-electron chi connectivity index (χ1n) is 10.00. The fourth-order valence-electron chi connectivity index (χ4n) is 4.11. The normalized spacial score (nSPS) is 25.7. The Labute approximate surface area is 195 Å². The van der Waals surface area contributed by atoms with Crippen molar-refractivity contribution in [2.45, 2.75) is 36.2 Å². The first-order chi connectivity index (χ1) is 15.9. The van der Waals surface area contributed by atoms with Crippen LogP contribution in [0.3, 0.4) is 0 Å². The number of hydrogen-bond acceptors (Lipinski definition) is 7. The molecule has 4 rings (SSSR count). The number of ether oxygens (including phenoxy) is 1. The van der Waals surface area contributed by atoms with E-state index in [0.29, 0.717) is 6.42 Å². The number of ketones is 1. The van der Waals surface area contributed by atoms with Crippen molar-refractivity contribution < 1.29 is 31.5 Å². The van der Waals surface area contributed by atoms with Crippen molar-refractivity contribution in [3.8, 4) is 11.8 Å². The fourth-order valence-corrected chi connectivity index (χ4v) is 5.38. The molecule has 2 N–H and O–H groups in total. The quantitative estimate of drug-likeness (QED) is 0.473. The zero-order valence-electron chi connectivity index (χ0n) is 17.6. The molecule has 0 bridgehead atoms. The number of aliphatic imine (C=N–C) groups is 1. The number of rotatable bonds is 6. The minimum absolute atomic E-state index is 0.0844. The fraction of sp³-hybridized carbons (Fsp3) is 0.364. The molecule has 1 aromatic heterocycles. The molecule has 2 aromatic rings. The lowest BCUT2D eigenvalue weighted by Gasteiger charge is -2.32. The standard InChI is InChI=1S/C22H17F5N4O2S/c1-20(17-7-21(17,9-28)34-19(29)31-20)13-4-11(5-14(23)18(13)24)6-16(32)15-3-2-12(8-30-15)33-10-22(25,26)27/h2-5,8,17H,6-7,10H2,1H3,(H2,29,31)/t17-,20+,21+/m0/s1. The average Bonchev–Trinajstić information content (AvgIpc) is 3.50. The first kappa shape index (κ1) is 23.9. The number of nitrogens with zero attached hydrogens (tertiary/aromatic N) is 3. The van der Waals surface area contributed by atoms with Crippen LogP contribution in [0.25, 0.3) is 0 Å². The summed E-state index contributed by atoms with van der Waals surface area (Å²) >= 11 is 1.10. The van der Waals surface area contributed by atoms with E-state index in [0.717, 1.165) is 30.1 Å². The van der Waals surface area contributed by atoms with Crippen molar-refractivity contribution in [3.05, 3.63) is 58.9 Å². The molecule has 34 heavy (non-hydrogen) atoms. The molecule has 0 unspecified atom stereocenters. The van der Waals surface area contributed by atoms with Crippen LogP contribution < -0.4 is 10.5 Å². The van der Waals surface area contributed by atoms with Crippen LogP contribution in [-0.2, 0) is 12.0 Å². The predicted molar refractivity (Wildman–Crippen MR) is 113 cm³/mol. The monoisotopic (exact) mass is 496 g/mol. The highest BCUT2D eigenvalue weighted by atomic mass is 32.2. The molecule has 1 aliphatic heterocycles. The number of nitrogens with two attached hydrogens (primary N) is 1. The van der Waals surface area contributed by atoms with E-state index >= 15 is 0 Å². The van der Waals surface area contributed by atoms with Crippen LogP contribution >= 0.6 is 11.8 Å². The van der Waals surface area contributed by atoms with Crippen LogP contribution in [0.4, 0.5) is 22.0 Å². The van der Waals surface area contributed by atoms with Crippen molar-refractivity contribution in [2.24, 2.45) is 16.6 Å². The Morgan fingerprint density at radius 3 is 2.71 bits per heavy atom. The van der Waals surface area contributed by atoms with Crippen LogP contribution in [0.5, 0.6) is 5.75 Å². The van der Waals surface area contributed by atoms with Gasteiger partial charge in [0.1, 0.15) is 16.2 Å². The lowest BCUT2D eigenvalue weighted by atomic mass is 9.84. The maximum Gasteiger partial charge on any atom is 0.422 e. The maximum atomic E-state index is 14.9. The summed E-state index contributed by atoms with van der Waals surface area (Å²) in [6.45, 7) is 0.0754. The van der Waals surface area contributed by atoms with Gasteiger partial charge in [0.15, 0.2) is 29.2 Å². The van der Waals surface area contributed by atoms with E-state index in [4.69, 9.17) is 5.73 Å². The molecule has 6 nitrogen and oxygen atoms in total. The highest BCUT2D eigenvalue weighted by Gasteiger charge is 2.67. The molecule has 3 atom stereocenters. The number of carbonyl (C=O) groups excluding carboxylic acids is 1. The van der Waals surface area contributed by atoms with Crippen LogP contribution in [0.15, 0.2) is 35.5 Å². The van der Waals surface area contributed by atoms with Gasteiger partial charge in [0.25, 0.3) is 0 Å². The number of thioether (sulfide) groups is 1. The molecule has 0 amide bonds. The van der Waals surface area contributed by atoms with Crippen molar-refractivity contribution in [1.82, 2.24) is 4.98 Å². The van der Waals surface area contributed by atoms with E-state index in [-0.39, 0.29) is 40.1 Å². The molecule has 12 heteroatoms. The molecular weight excluding hydrogens is 479 g/mol. The molecular formula is C22H17F5N4O2S. The number of benzene rings is 1. The molecule has 1 saturated carbocycles. The predicted octanol–water partition coefficient (Wildman–Crippen LogP) is 4.29. The summed E-state index contributed by atoms with van der Waals surface area (Å²) in [7, 11) is 0. The van der Waals surface area contributed by atoms with Gasteiger partial charge in [-0.15, -0.1) is 0 Å². The van der Waals surface area contributed by atoms with E-state index in [1.807, 2.05) is 0 Å². The van der Waals surface area contributed by atoms with Gasteiger partial charge in [-0.05, 0) is 43.2 Å². The summed E-state index contributed by atoms with van der Waals surface area (Å²) in [6, 6.07) is 6.74. The smallest absolute Gasteiger partial charge is 0.422 e. The van der Waals surface area contributed by atoms with Gasteiger partial charge in [0.2, 0.25) is 0 Å². The van der Waals surface area contributed by atoms with Crippen LogP contribution in [0.1, 0.15) is 35.0 Å². The number of hydrogen-bond donors (Lipinski definition) is 1. The van der Waals surface area contributed by atoms with Crippen LogP contribution in [-0.4, -0.2) is 33.5 Å². The minimum Gasteiger partial charge on any atom is -0.483 e. The molecule has 0 radical (unpaired) electrons. The third kappa shape index (κ3) is 4.44. The lowest BCUT2D eigenvalue weighted by Crippen LogP contribution is -2.35. The Morgan fingerprint density at radius 1 is 1.35 bits per heavy atom. The van der Waals surface area contributed by atoms with Crippen molar-refractivity contribution in [3.63, 3.8) is 0 Å². The largest absolute Gasteiger partial charge is 0.483 e. The van der Waals surface area contributed by atoms with E-state index in [1.54, 1.807) is 6.92 Å². The average molecular weight is 496 g/mol. The molecule has 1 aliphatic carbocycles. The van der Waals surface area contributed by atoms with Gasteiger partial charge in [-0.3, -0.25) is 9.79 Å². The Morgan fingerprint density at radius 2 is 2.09 bits per heavy atom. The molecule has 2 aliphatic rings. The molecule has 0 spiro atoms. The first-order valence-corrected chi connectivity index (χ1v) is 10.8. The van der Waals surface area contributed by atoms with Gasteiger partial charge in [0.05, 0.1) is 17.8 Å². The number of carbonyl (C=O) groups is 1. The Bertz CT molecular complexity index is 1230. The number of alkyl halides is 3. The highest BCUT2D eigenvalue weighted by molar-refractivity contribution is 8.15. The molecule has 178 valence electrons. The number of pyridine rings is 1. The van der Waals surface area contributed by atoms with Gasteiger partial charge in [-0.2, -0.15) is 18.4 Å². The summed E-state index contributed by atoms with van der Waals surface area (Å²) in [5.41, 5.74) is 4.55. The Balaban J connectivity index is 1.57. The molecule has 2 heterocycles. The van der Waals surface area contributed by atoms with Crippen LogP contribution in [0.2, 0.25) is 0 Å². The lowest BCUT2D eigenvalue weighted by molar-refractivity contribution is -0.153. The summed E-state index contributed by atoms with van der Waals surface area (Å²) in [4.78, 5) is 20.8. The summed E-state index contributed by atoms with van der Waals surface area (Å²) in [5, 5.41) is 9.63. The number of aromatic nitrogens is 1. The van der Waals surface area contributed by atoms with Crippen LogP contribution in [0, 0.1) is 28.9 Å². The van der Waals surface area contributed by atoms with E-state index in [9.17, 15) is 32.0 Å². The van der Waals surface area contributed by atoms with E-state index in [1.165, 1.54) is 12.1 Å². The third-order valence-corrected chi connectivity index (χ3v) is 7.04. The van der Waals surface area contributed by atoms with Crippen molar-refractivity contribution in [2.75, 3.05) is 6.61 Å². The van der Waals surface area contributed by atoms with Crippen molar-refractivity contribution >= 4 is 22.7 Å². The number of amidine groups is 1. The third-order valence-electron chi connectivity index (χ3n) is 5.83. The number of halogens is 5. The maximum absolute atomic E-state index is 14.9. The number of Topliss-reactive ketones (excluding diaryl/α,β-unsaturated/α-hetero) is 1. The zero-order valence-corrected chi connectivity index (χ0v) is 18.4. The van der Waals surface area contributed by atoms with E-state index in [2.05, 4.69) is 20.8 Å². The van der Waals surface area contributed by atoms with Gasteiger partial charge in [-0.1, -0.05) is 11.8 Å². The molecule has 1 aromatic carbocycles. The summed E-state index contributed by atoms with van der Waals surface area (Å²) < 4.78 is 69.8. The molecule has 0 saturated heterocycles. The Kier molecular flexibility index (Phi) is 5.80. The zero-order chi connectivity index (χ0) is 24.9. The van der Waals surface area contributed by atoms with Gasteiger partial charge >= 0.3 is 6.18 Å².